The third-order valence-electron chi connectivity index (χ3n) is 2.86. The number of rotatable bonds is 4. The molecule has 1 aromatic heterocycles. The molecule has 0 aliphatic heterocycles. The average molecular weight is 425 g/mol. The van der Waals surface area contributed by atoms with Gasteiger partial charge in [0.25, 0.3) is 10.0 Å². The Morgan fingerprint density at radius 1 is 1.15 bits per heavy atom. The Kier molecular flexibility index (Phi) is 5.80. The molecule has 8 nitrogen and oxygen atoms in total. The van der Waals surface area contributed by atoms with Gasteiger partial charge in [-0.2, -0.15) is 0 Å². The lowest BCUT2D eigenvalue weighted by Gasteiger charge is -2.14. The first-order valence-electron chi connectivity index (χ1n) is 7.07. The Balaban J connectivity index is 2.28. The molecular formula is C14H12ClF3N4O4S. The summed E-state index contributed by atoms with van der Waals surface area (Å²) in [7, 11) is -4.75. The van der Waals surface area contributed by atoms with Crippen molar-refractivity contribution in [2.75, 3.05) is 5.32 Å². The molecule has 2 N–H and O–H groups in total. The summed E-state index contributed by atoms with van der Waals surface area (Å²) in [6.45, 7) is 3.25. The van der Waals surface area contributed by atoms with Crippen molar-refractivity contribution < 1.29 is 31.1 Å². The number of aromatic nitrogens is 2. The second-order valence-electron chi connectivity index (χ2n) is 5.17. The molecule has 0 atom stereocenters. The van der Waals surface area contributed by atoms with Crippen LogP contribution in [0, 0.1) is 13.8 Å². The van der Waals surface area contributed by atoms with E-state index < -0.39 is 33.1 Å². The summed E-state index contributed by atoms with van der Waals surface area (Å²) < 4.78 is 67.2. The van der Waals surface area contributed by atoms with Gasteiger partial charge in [0.2, 0.25) is 5.95 Å². The predicted octanol–water partition coefficient (Wildman–Crippen LogP) is 3.16. The van der Waals surface area contributed by atoms with Crippen molar-refractivity contribution in [2.24, 2.45) is 0 Å². The number of hydrogen-bond donors (Lipinski definition) is 2. The van der Waals surface area contributed by atoms with Crippen LogP contribution in [0.25, 0.3) is 0 Å². The third kappa shape index (κ3) is 5.96. The predicted molar refractivity (Wildman–Crippen MR) is 89.0 cm³/mol. The first kappa shape index (κ1) is 20.7. The molecule has 0 spiro atoms. The van der Waals surface area contributed by atoms with Crippen LogP contribution in [-0.2, 0) is 10.0 Å². The number of benzene rings is 1. The highest BCUT2D eigenvalue weighted by Crippen LogP contribution is 2.31. The number of hydrogen-bond acceptors (Lipinski definition) is 6. The lowest BCUT2D eigenvalue weighted by Crippen LogP contribution is -2.35. The normalized spacial score (nSPS) is 11.8. The number of nitrogens with one attached hydrogen (secondary N) is 2. The summed E-state index contributed by atoms with van der Waals surface area (Å²) in [5.74, 6) is -1.23. The van der Waals surface area contributed by atoms with Gasteiger partial charge in [0.15, 0.2) is 0 Å². The summed E-state index contributed by atoms with van der Waals surface area (Å²) >= 11 is 5.65. The molecule has 146 valence electrons. The minimum Gasteiger partial charge on any atom is -0.404 e. The van der Waals surface area contributed by atoms with E-state index in [1.807, 2.05) is 0 Å². The van der Waals surface area contributed by atoms with Gasteiger partial charge in [0.1, 0.15) is 10.6 Å². The Hall–Kier alpha value is -2.60. The first-order chi connectivity index (χ1) is 12.4. The molecule has 1 aromatic carbocycles. The summed E-state index contributed by atoms with van der Waals surface area (Å²) in [4.78, 5) is 18.7. The number of amides is 2. The Morgan fingerprint density at radius 2 is 1.74 bits per heavy atom. The molecule has 0 bridgehead atoms. The van der Waals surface area contributed by atoms with E-state index in [0.717, 1.165) is 12.1 Å². The van der Waals surface area contributed by atoms with E-state index in [2.05, 4.69) is 20.0 Å². The molecule has 1 heterocycles. The van der Waals surface area contributed by atoms with Gasteiger partial charge in [-0.3, -0.25) is 5.32 Å². The highest BCUT2D eigenvalue weighted by molar-refractivity contribution is 7.90. The van der Waals surface area contributed by atoms with Crippen molar-refractivity contribution in [3.63, 3.8) is 0 Å². The van der Waals surface area contributed by atoms with Crippen LogP contribution in [0.5, 0.6) is 5.75 Å². The quantitative estimate of drug-likeness (QED) is 0.780. The van der Waals surface area contributed by atoms with Gasteiger partial charge in [-0.05, 0) is 38.1 Å². The molecule has 0 fully saturated rings. The van der Waals surface area contributed by atoms with E-state index in [0.29, 0.717) is 17.5 Å². The molecule has 13 heteroatoms. The summed E-state index contributed by atoms with van der Waals surface area (Å²) in [6.07, 6.45) is -5.15. The van der Waals surface area contributed by atoms with Crippen LogP contribution in [-0.4, -0.2) is 30.8 Å². The van der Waals surface area contributed by atoms with Crippen LogP contribution in [0.2, 0.25) is 5.02 Å². The molecule has 2 amide bonds. The van der Waals surface area contributed by atoms with Crippen molar-refractivity contribution >= 4 is 33.6 Å². The van der Waals surface area contributed by atoms with Crippen molar-refractivity contribution in [3.05, 3.63) is 40.7 Å². The maximum Gasteiger partial charge on any atom is 0.573 e. The van der Waals surface area contributed by atoms with Crippen molar-refractivity contribution in [1.82, 2.24) is 14.7 Å². The number of halogens is 4. The number of anilines is 1. The second-order valence-corrected chi connectivity index (χ2v) is 7.26. The maximum absolute atomic E-state index is 12.5. The molecular weight excluding hydrogens is 413 g/mol. The van der Waals surface area contributed by atoms with E-state index in [-0.39, 0.29) is 11.0 Å². The van der Waals surface area contributed by atoms with E-state index in [9.17, 15) is 26.4 Å². The number of alkyl halides is 3. The molecule has 0 aliphatic carbocycles. The number of nitrogens with zero attached hydrogens (tertiary/aromatic N) is 2. The van der Waals surface area contributed by atoms with Gasteiger partial charge in [-0.1, -0.05) is 11.6 Å². The molecule has 27 heavy (non-hydrogen) atoms. The summed E-state index contributed by atoms with van der Waals surface area (Å²) in [5, 5.41) is 1.91. The first-order valence-corrected chi connectivity index (χ1v) is 8.93. The lowest BCUT2D eigenvalue weighted by atomic mass is 10.3. The topological polar surface area (TPSA) is 110 Å². The summed E-state index contributed by atoms with van der Waals surface area (Å²) in [6, 6.07) is 2.77. The van der Waals surface area contributed by atoms with Crippen molar-refractivity contribution in [3.8, 4) is 5.75 Å². The molecule has 0 saturated carbocycles. The van der Waals surface area contributed by atoms with E-state index >= 15 is 0 Å². The van der Waals surface area contributed by atoms with Gasteiger partial charge < -0.3 is 4.74 Å². The standard InChI is InChI=1S/C14H12ClF3N4O4S/c1-7-5-8(2)20-12(19-7)21-13(23)22-27(24,25)11-6-9(15)3-4-10(11)26-14(16,17)18/h3-6H,1-2H3,(H2,19,20,21,22,23). The van der Waals surface area contributed by atoms with Gasteiger partial charge in [0.05, 0.1) is 0 Å². The SMILES string of the molecule is Cc1cc(C)nc(NC(=O)NS(=O)(=O)c2cc(Cl)ccc2OC(F)(F)F)n1. The maximum atomic E-state index is 12.5. The van der Waals surface area contributed by atoms with Crippen LogP contribution in [0.4, 0.5) is 23.9 Å². The molecule has 0 unspecified atom stereocenters. The molecule has 2 rings (SSSR count). The van der Waals surface area contributed by atoms with Crippen LogP contribution in [0.1, 0.15) is 11.4 Å². The number of carbonyl (C=O) groups is 1. The van der Waals surface area contributed by atoms with Gasteiger partial charge in [-0.25, -0.2) is 27.9 Å². The Morgan fingerprint density at radius 3 is 2.30 bits per heavy atom. The van der Waals surface area contributed by atoms with Crippen LogP contribution in [0.15, 0.2) is 29.2 Å². The highest BCUT2D eigenvalue weighted by Gasteiger charge is 2.34. The fourth-order valence-corrected chi connectivity index (χ4v) is 3.29. The smallest absolute Gasteiger partial charge is 0.404 e. The zero-order valence-corrected chi connectivity index (χ0v) is 15.3. The van der Waals surface area contributed by atoms with E-state index in [1.54, 1.807) is 24.6 Å². The van der Waals surface area contributed by atoms with Crippen LogP contribution in [0.3, 0.4) is 0 Å². The lowest BCUT2D eigenvalue weighted by molar-refractivity contribution is -0.275. The number of aryl methyl sites for hydroxylation is 2. The Bertz CT molecular complexity index is 963. The minimum absolute atomic E-state index is 0.178. The fraction of sp³-hybridized carbons (Fsp3) is 0.214. The van der Waals surface area contributed by atoms with E-state index in [1.165, 1.54) is 0 Å². The van der Waals surface area contributed by atoms with Gasteiger partial charge in [0, 0.05) is 16.4 Å². The molecule has 0 aliphatic rings. The second kappa shape index (κ2) is 7.56. The number of ether oxygens (including phenoxy) is 1. The van der Waals surface area contributed by atoms with E-state index in [4.69, 9.17) is 11.6 Å². The number of carbonyl (C=O) groups excluding carboxylic acids is 1. The zero-order chi connectivity index (χ0) is 20.4. The van der Waals surface area contributed by atoms with Gasteiger partial charge >= 0.3 is 12.4 Å². The largest absolute Gasteiger partial charge is 0.573 e. The summed E-state index contributed by atoms with van der Waals surface area (Å²) in [5.41, 5.74) is 1.02. The van der Waals surface area contributed by atoms with Crippen LogP contribution < -0.4 is 14.8 Å². The zero-order valence-electron chi connectivity index (χ0n) is 13.8. The fourth-order valence-electron chi connectivity index (χ4n) is 1.99. The molecule has 0 saturated heterocycles. The van der Waals surface area contributed by atoms with Gasteiger partial charge in [-0.15, -0.1) is 13.2 Å². The monoisotopic (exact) mass is 424 g/mol. The average Bonchev–Trinajstić information content (AvgIpc) is 2.45. The molecule has 2 aromatic rings. The number of sulfonamides is 1. The van der Waals surface area contributed by atoms with Crippen molar-refractivity contribution in [1.29, 1.82) is 0 Å². The molecule has 0 radical (unpaired) electrons. The van der Waals surface area contributed by atoms with Crippen molar-refractivity contribution in [2.45, 2.75) is 25.1 Å². The highest BCUT2D eigenvalue weighted by atomic mass is 35.5. The van der Waals surface area contributed by atoms with Crippen LogP contribution >= 0.6 is 11.6 Å². The Labute approximate surface area is 156 Å². The third-order valence-corrected chi connectivity index (χ3v) is 4.44. The number of urea groups is 1. The minimum atomic E-state index is -5.15.